The number of fused-ring (bicyclic) bond motifs is 1. The zero-order valence-corrected chi connectivity index (χ0v) is 17.2. The van der Waals surface area contributed by atoms with Crippen LogP contribution >= 0.6 is 11.6 Å². The zero-order valence-electron chi connectivity index (χ0n) is 16.4. The highest BCUT2D eigenvalue weighted by molar-refractivity contribution is 6.33. The zero-order chi connectivity index (χ0) is 20.1. The molecule has 4 rings (SSSR count). The Morgan fingerprint density at radius 3 is 2.79 bits per heavy atom. The summed E-state index contributed by atoms with van der Waals surface area (Å²) in [6, 6.07) is 8.58. The van der Waals surface area contributed by atoms with Gasteiger partial charge in [-0.1, -0.05) is 23.8 Å². The molecule has 1 N–H and O–H groups in total. The summed E-state index contributed by atoms with van der Waals surface area (Å²) in [7, 11) is 0. The van der Waals surface area contributed by atoms with E-state index in [1.54, 1.807) is 6.07 Å². The average Bonchev–Trinajstić information content (AvgIpc) is 2.74. The molecule has 0 spiro atoms. The number of pyridine rings is 1. The number of piperazine rings is 1. The minimum Gasteiger partial charge on any atom is -0.478 e. The van der Waals surface area contributed by atoms with Crippen molar-refractivity contribution in [3.63, 3.8) is 0 Å². The van der Waals surface area contributed by atoms with Gasteiger partial charge in [0.1, 0.15) is 11.6 Å². The third-order valence-corrected chi connectivity index (χ3v) is 5.63. The third-order valence-electron chi connectivity index (χ3n) is 5.33. The molecule has 0 atom stereocenters. The molecular weight excluding hydrogens is 391 g/mol. The summed E-state index contributed by atoms with van der Waals surface area (Å²) in [6.07, 6.45) is 6.24. The number of nitrogens with one attached hydrogen (secondary N) is 1. The second kappa shape index (κ2) is 9.46. The number of hydrogen-bond acceptors (Lipinski definition) is 5. The van der Waals surface area contributed by atoms with E-state index in [4.69, 9.17) is 16.3 Å². The molecule has 0 amide bonds. The number of ether oxygens (including phenoxy) is 1. The first-order chi connectivity index (χ1) is 14.2. The van der Waals surface area contributed by atoms with E-state index in [-0.39, 0.29) is 5.82 Å². The highest BCUT2D eigenvalue weighted by Crippen LogP contribution is 2.27. The standard InChI is InChI=1S/C22H26ClFN4O/c23-19-16-18(24)6-7-20(19)28-13-11-27(12-14-28)10-1-2-15-29-21-8-5-17-4-3-9-25-22(17)26-21/h3-8,16H,1-2,9-15H2,(H,25,26). The molecule has 1 fully saturated rings. The Labute approximate surface area is 176 Å². The lowest BCUT2D eigenvalue weighted by molar-refractivity contribution is 0.236. The van der Waals surface area contributed by atoms with Gasteiger partial charge < -0.3 is 15.0 Å². The number of rotatable bonds is 7. The Morgan fingerprint density at radius 1 is 1.10 bits per heavy atom. The number of anilines is 2. The molecule has 5 nitrogen and oxygen atoms in total. The molecule has 0 unspecified atom stereocenters. The topological polar surface area (TPSA) is 40.6 Å². The average molecular weight is 417 g/mol. The SMILES string of the molecule is Fc1ccc(N2CCN(CCCCOc3ccc4c(n3)NCC=C4)CC2)c(Cl)c1. The Balaban J connectivity index is 1.15. The van der Waals surface area contributed by atoms with Gasteiger partial charge >= 0.3 is 0 Å². The van der Waals surface area contributed by atoms with Crippen LogP contribution in [0.25, 0.3) is 6.08 Å². The Bertz CT molecular complexity index is 868. The molecule has 2 aliphatic heterocycles. The van der Waals surface area contributed by atoms with Crippen molar-refractivity contribution in [2.45, 2.75) is 12.8 Å². The Kier molecular flexibility index (Phi) is 6.52. The molecule has 29 heavy (non-hydrogen) atoms. The number of nitrogens with zero attached hydrogens (tertiary/aromatic N) is 3. The molecule has 2 aromatic rings. The van der Waals surface area contributed by atoms with Gasteiger partial charge in [-0.05, 0) is 43.7 Å². The predicted molar refractivity (Wildman–Crippen MR) is 117 cm³/mol. The Hall–Kier alpha value is -2.31. The summed E-state index contributed by atoms with van der Waals surface area (Å²) < 4.78 is 19.0. The minimum atomic E-state index is -0.293. The molecule has 1 aromatic heterocycles. The summed E-state index contributed by atoms with van der Waals surface area (Å²) in [6.45, 7) is 6.32. The van der Waals surface area contributed by atoms with Crippen LogP contribution in [-0.2, 0) is 0 Å². The third kappa shape index (κ3) is 5.19. The lowest BCUT2D eigenvalue weighted by atomic mass is 10.2. The summed E-state index contributed by atoms with van der Waals surface area (Å²) in [5.74, 6) is 1.28. The highest BCUT2D eigenvalue weighted by Gasteiger charge is 2.18. The normalized spacial score (nSPS) is 16.4. The number of hydrogen-bond donors (Lipinski definition) is 1. The van der Waals surface area contributed by atoms with Gasteiger partial charge in [-0.2, -0.15) is 4.98 Å². The van der Waals surface area contributed by atoms with Crippen molar-refractivity contribution in [3.05, 3.63) is 52.8 Å². The molecule has 1 aromatic carbocycles. The fourth-order valence-electron chi connectivity index (χ4n) is 3.71. The van der Waals surface area contributed by atoms with E-state index in [9.17, 15) is 4.39 Å². The van der Waals surface area contributed by atoms with E-state index in [2.05, 4.69) is 32.3 Å². The molecule has 2 aliphatic rings. The van der Waals surface area contributed by atoms with Gasteiger partial charge in [0.15, 0.2) is 0 Å². The van der Waals surface area contributed by atoms with E-state index in [0.29, 0.717) is 17.5 Å². The van der Waals surface area contributed by atoms with Gasteiger partial charge in [-0.15, -0.1) is 0 Å². The summed E-state index contributed by atoms with van der Waals surface area (Å²) in [5, 5.41) is 3.74. The van der Waals surface area contributed by atoms with Gasteiger partial charge in [-0.3, -0.25) is 4.90 Å². The minimum absolute atomic E-state index is 0.293. The monoisotopic (exact) mass is 416 g/mol. The van der Waals surface area contributed by atoms with E-state index < -0.39 is 0 Å². The van der Waals surface area contributed by atoms with E-state index in [1.165, 1.54) is 12.1 Å². The Morgan fingerprint density at radius 2 is 1.97 bits per heavy atom. The smallest absolute Gasteiger partial charge is 0.215 e. The predicted octanol–water partition coefficient (Wildman–Crippen LogP) is 4.29. The second-order valence-corrected chi connectivity index (χ2v) is 7.76. The van der Waals surface area contributed by atoms with Gasteiger partial charge in [0.2, 0.25) is 5.88 Å². The van der Waals surface area contributed by atoms with Crippen LogP contribution in [0.3, 0.4) is 0 Å². The molecule has 0 saturated carbocycles. The van der Waals surface area contributed by atoms with Gasteiger partial charge in [-0.25, -0.2) is 4.39 Å². The molecule has 0 aliphatic carbocycles. The molecule has 7 heteroatoms. The van der Waals surface area contributed by atoms with Crippen LogP contribution in [0.15, 0.2) is 36.4 Å². The largest absolute Gasteiger partial charge is 0.478 e. The van der Waals surface area contributed by atoms with Crippen molar-refractivity contribution in [1.29, 1.82) is 0 Å². The summed E-state index contributed by atoms with van der Waals surface area (Å²) >= 11 is 6.19. The maximum atomic E-state index is 13.2. The lowest BCUT2D eigenvalue weighted by Gasteiger charge is -2.36. The number of benzene rings is 1. The van der Waals surface area contributed by atoms with Crippen molar-refractivity contribution >= 4 is 29.2 Å². The van der Waals surface area contributed by atoms with Crippen molar-refractivity contribution in [2.24, 2.45) is 0 Å². The van der Waals surface area contributed by atoms with Crippen LogP contribution in [0.5, 0.6) is 5.88 Å². The van der Waals surface area contributed by atoms with Crippen LogP contribution in [0.4, 0.5) is 15.9 Å². The number of aromatic nitrogens is 1. The molecule has 0 bridgehead atoms. The fraction of sp³-hybridized carbons (Fsp3) is 0.409. The maximum absolute atomic E-state index is 13.2. The second-order valence-electron chi connectivity index (χ2n) is 7.35. The summed E-state index contributed by atoms with van der Waals surface area (Å²) in [4.78, 5) is 9.20. The van der Waals surface area contributed by atoms with E-state index in [1.807, 2.05) is 12.1 Å². The maximum Gasteiger partial charge on any atom is 0.215 e. The molecule has 154 valence electrons. The summed E-state index contributed by atoms with van der Waals surface area (Å²) in [5.41, 5.74) is 2.02. The molecule has 3 heterocycles. The van der Waals surface area contributed by atoms with Gasteiger partial charge in [0, 0.05) is 44.4 Å². The van der Waals surface area contributed by atoms with Crippen molar-refractivity contribution in [3.8, 4) is 5.88 Å². The highest BCUT2D eigenvalue weighted by atomic mass is 35.5. The first kappa shape index (κ1) is 20.0. The van der Waals surface area contributed by atoms with Crippen LogP contribution in [0.2, 0.25) is 5.02 Å². The van der Waals surface area contributed by atoms with Gasteiger partial charge in [0.25, 0.3) is 0 Å². The fourth-order valence-corrected chi connectivity index (χ4v) is 4.00. The van der Waals surface area contributed by atoms with Crippen LogP contribution in [-0.4, -0.2) is 55.8 Å². The van der Waals surface area contributed by atoms with Crippen LogP contribution in [0.1, 0.15) is 18.4 Å². The number of unbranched alkanes of at least 4 members (excludes halogenated alkanes) is 1. The van der Waals surface area contributed by atoms with Crippen molar-refractivity contribution in [1.82, 2.24) is 9.88 Å². The molecule has 0 radical (unpaired) electrons. The van der Waals surface area contributed by atoms with Crippen LogP contribution < -0.4 is 15.0 Å². The quantitative estimate of drug-likeness (QED) is 0.682. The van der Waals surface area contributed by atoms with Crippen molar-refractivity contribution in [2.75, 3.05) is 56.1 Å². The lowest BCUT2D eigenvalue weighted by Crippen LogP contribution is -2.46. The molecule has 1 saturated heterocycles. The van der Waals surface area contributed by atoms with Crippen molar-refractivity contribution < 1.29 is 9.13 Å². The number of halogens is 2. The first-order valence-electron chi connectivity index (χ1n) is 10.2. The van der Waals surface area contributed by atoms with E-state index in [0.717, 1.165) is 69.2 Å². The van der Waals surface area contributed by atoms with E-state index >= 15 is 0 Å². The van der Waals surface area contributed by atoms with Gasteiger partial charge in [0.05, 0.1) is 17.3 Å². The molecular formula is C22H26ClFN4O. The first-order valence-corrected chi connectivity index (χ1v) is 10.5. The van der Waals surface area contributed by atoms with Crippen LogP contribution in [0, 0.1) is 5.82 Å².